The molecule has 1 N–H and O–H groups in total. The summed E-state index contributed by atoms with van der Waals surface area (Å²) in [7, 11) is 0. The molecule has 0 saturated heterocycles. The third-order valence-corrected chi connectivity index (χ3v) is 3.95. The molecule has 23 heavy (non-hydrogen) atoms. The summed E-state index contributed by atoms with van der Waals surface area (Å²) in [5.41, 5.74) is 3.92. The number of carbonyl (C=O) groups excluding carboxylic acids is 1. The molecule has 0 bridgehead atoms. The Morgan fingerprint density at radius 3 is 2.17 bits per heavy atom. The topological polar surface area (TPSA) is 42.0 Å². The van der Waals surface area contributed by atoms with E-state index in [1.54, 1.807) is 12.4 Å². The number of aryl methyl sites for hydroxylation is 1. The summed E-state index contributed by atoms with van der Waals surface area (Å²) in [5.74, 6) is 0.105. The van der Waals surface area contributed by atoms with Gasteiger partial charge in [-0.2, -0.15) is 0 Å². The Kier molecular flexibility index (Phi) is 5.91. The summed E-state index contributed by atoms with van der Waals surface area (Å²) in [5, 5.41) is 2.99. The van der Waals surface area contributed by atoms with Crippen LogP contribution in [0.1, 0.15) is 43.9 Å². The summed E-state index contributed by atoms with van der Waals surface area (Å²) in [6, 6.07) is 12.6. The monoisotopic (exact) mass is 310 g/mol. The van der Waals surface area contributed by atoms with E-state index in [4.69, 9.17) is 0 Å². The van der Waals surface area contributed by atoms with E-state index in [9.17, 15) is 4.79 Å². The normalized spacial score (nSPS) is 11.3. The number of nitrogens with one attached hydrogen (secondary N) is 1. The van der Waals surface area contributed by atoms with Crippen LogP contribution >= 0.6 is 0 Å². The van der Waals surface area contributed by atoms with Crippen LogP contribution in [0.25, 0.3) is 0 Å². The van der Waals surface area contributed by atoms with E-state index in [-0.39, 0.29) is 11.3 Å². The molecule has 1 heterocycles. The fourth-order valence-electron chi connectivity index (χ4n) is 2.41. The molecule has 1 aromatic heterocycles. The van der Waals surface area contributed by atoms with E-state index in [2.05, 4.69) is 55.3 Å². The zero-order chi connectivity index (χ0) is 16.7. The molecular weight excluding hydrogens is 284 g/mol. The largest absolute Gasteiger partial charge is 0.356 e. The van der Waals surface area contributed by atoms with Crippen LogP contribution < -0.4 is 5.32 Å². The van der Waals surface area contributed by atoms with Gasteiger partial charge in [-0.05, 0) is 47.1 Å². The van der Waals surface area contributed by atoms with E-state index < -0.39 is 0 Å². The highest BCUT2D eigenvalue weighted by atomic mass is 16.1. The maximum absolute atomic E-state index is 11.9. The van der Waals surface area contributed by atoms with Crippen molar-refractivity contribution >= 4 is 5.91 Å². The zero-order valence-electron chi connectivity index (χ0n) is 14.3. The fraction of sp³-hybridized carbons (Fsp3) is 0.400. The maximum atomic E-state index is 11.9. The Hall–Kier alpha value is -2.16. The van der Waals surface area contributed by atoms with Gasteiger partial charge in [0.05, 0.1) is 0 Å². The highest BCUT2D eigenvalue weighted by Crippen LogP contribution is 2.22. The van der Waals surface area contributed by atoms with Crippen molar-refractivity contribution < 1.29 is 4.79 Å². The minimum absolute atomic E-state index is 0.105. The summed E-state index contributed by atoms with van der Waals surface area (Å²) >= 11 is 0. The van der Waals surface area contributed by atoms with E-state index in [1.165, 1.54) is 11.1 Å². The Labute approximate surface area is 139 Å². The molecule has 2 aromatic rings. The van der Waals surface area contributed by atoms with Crippen LogP contribution in [-0.4, -0.2) is 17.4 Å². The molecule has 0 atom stereocenters. The van der Waals surface area contributed by atoms with Crippen molar-refractivity contribution in [1.82, 2.24) is 10.3 Å². The second kappa shape index (κ2) is 7.91. The second-order valence-corrected chi connectivity index (χ2v) is 6.90. The average molecular weight is 310 g/mol. The number of benzene rings is 1. The van der Waals surface area contributed by atoms with Crippen LogP contribution in [0.4, 0.5) is 0 Å². The molecule has 1 aromatic carbocycles. The molecule has 122 valence electrons. The molecule has 0 radical (unpaired) electrons. The quantitative estimate of drug-likeness (QED) is 0.884. The van der Waals surface area contributed by atoms with Gasteiger partial charge in [0.2, 0.25) is 5.91 Å². The number of rotatable bonds is 6. The van der Waals surface area contributed by atoms with Crippen molar-refractivity contribution in [2.75, 3.05) is 6.54 Å². The lowest BCUT2D eigenvalue weighted by Crippen LogP contribution is -2.25. The Morgan fingerprint density at radius 2 is 1.57 bits per heavy atom. The molecule has 0 spiro atoms. The highest BCUT2D eigenvalue weighted by Gasteiger charge is 2.12. The number of nitrogens with zero attached hydrogens (tertiary/aromatic N) is 1. The maximum Gasteiger partial charge on any atom is 0.220 e. The third-order valence-electron chi connectivity index (χ3n) is 3.95. The first kappa shape index (κ1) is 17.2. The molecule has 0 aliphatic carbocycles. The van der Waals surface area contributed by atoms with E-state index in [0.29, 0.717) is 13.0 Å². The summed E-state index contributed by atoms with van der Waals surface area (Å²) < 4.78 is 0. The second-order valence-electron chi connectivity index (χ2n) is 6.90. The zero-order valence-corrected chi connectivity index (χ0v) is 14.3. The van der Waals surface area contributed by atoms with Gasteiger partial charge in [-0.3, -0.25) is 9.78 Å². The summed E-state index contributed by atoms with van der Waals surface area (Å²) in [6.45, 7) is 7.32. The molecule has 0 fully saturated rings. The van der Waals surface area contributed by atoms with Crippen LogP contribution in [0, 0.1) is 0 Å². The van der Waals surface area contributed by atoms with Crippen molar-refractivity contribution in [2.24, 2.45) is 0 Å². The lowest BCUT2D eigenvalue weighted by Gasteiger charge is -2.19. The van der Waals surface area contributed by atoms with Crippen molar-refractivity contribution in [3.63, 3.8) is 0 Å². The van der Waals surface area contributed by atoms with Crippen molar-refractivity contribution in [1.29, 1.82) is 0 Å². The summed E-state index contributed by atoms with van der Waals surface area (Å²) in [4.78, 5) is 15.8. The number of carbonyl (C=O) groups is 1. The van der Waals surface area contributed by atoms with Gasteiger partial charge < -0.3 is 5.32 Å². The van der Waals surface area contributed by atoms with E-state index in [0.717, 1.165) is 18.4 Å². The lowest BCUT2D eigenvalue weighted by atomic mass is 9.86. The molecule has 2 rings (SSSR count). The predicted molar refractivity (Wildman–Crippen MR) is 94.4 cm³/mol. The van der Waals surface area contributed by atoms with E-state index >= 15 is 0 Å². The van der Waals surface area contributed by atoms with Crippen molar-refractivity contribution in [3.05, 3.63) is 65.5 Å². The molecule has 0 aliphatic rings. The van der Waals surface area contributed by atoms with Crippen molar-refractivity contribution in [3.8, 4) is 0 Å². The minimum Gasteiger partial charge on any atom is -0.356 e. The number of hydrogen-bond donors (Lipinski definition) is 1. The number of hydrogen-bond acceptors (Lipinski definition) is 2. The predicted octanol–water partition coefficient (Wildman–Crippen LogP) is 3.67. The number of amides is 1. The molecule has 0 aliphatic heterocycles. The fourth-order valence-corrected chi connectivity index (χ4v) is 2.41. The minimum atomic E-state index is 0.105. The van der Waals surface area contributed by atoms with Crippen LogP contribution in [0.3, 0.4) is 0 Å². The van der Waals surface area contributed by atoms with Crippen LogP contribution in [0.2, 0.25) is 0 Å². The van der Waals surface area contributed by atoms with Crippen molar-refractivity contribution in [2.45, 2.75) is 45.4 Å². The molecule has 3 nitrogen and oxygen atoms in total. The van der Waals surface area contributed by atoms with E-state index in [1.807, 2.05) is 12.1 Å². The Balaban J connectivity index is 1.71. The third kappa shape index (κ3) is 5.85. The molecule has 3 heteroatoms. The highest BCUT2D eigenvalue weighted by molar-refractivity contribution is 5.76. The van der Waals surface area contributed by atoms with Crippen LogP contribution in [-0.2, 0) is 23.1 Å². The van der Waals surface area contributed by atoms with Gasteiger partial charge in [0.15, 0.2) is 0 Å². The van der Waals surface area contributed by atoms with Gasteiger partial charge >= 0.3 is 0 Å². The van der Waals surface area contributed by atoms with Gasteiger partial charge in [-0.1, -0.05) is 45.0 Å². The van der Waals surface area contributed by atoms with Gasteiger partial charge in [-0.15, -0.1) is 0 Å². The SMILES string of the molecule is CC(C)(C)c1ccc(CCNC(=O)CCc2ccncc2)cc1. The van der Waals surface area contributed by atoms with Gasteiger partial charge in [0.25, 0.3) is 0 Å². The molecule has 0 saturated carbocycles. The number of aromatic nitrogens is 1. The Morgan fingerprint density at radius 1 is 0.957 bits per heavy atom. The summed E-state index contributed by atoms with van der Waals surface area (Å²) in [6.07, 6.45) is 5.66. The number of pyridine rings is 1. The van der Waals surface area contributed by atoms with Crippen LogP contribution in [0.15, 0.2) is 48.8 Å². The first-order valence-corrected chi connectivity index (χ1v) is 8.20. The Bertz CT molecular complexity index is 612. The van der Waals surface area contributed by atoms with Gasteiger partial charge in [-0.25, -0.2) is 0 Å². The first-order valence-electron chi connectivity index (χ1n) is 8.20. The molecule has 1 amide bonds. The van der Waals surface area contributed by atoms with Gasteiger partial charge in [0, 0.05) is 25.4 Å². The van der Waals surface area contributed by atoms with Crippen LogP contribution in [0.5, 0.6) is 0 Å². The average Bonchev–Trinajstić information content (AvgIpc) is 2.53. The lowest BCUT2D eigenvalue weighted by molar-refractivity contribution is -0.121. The first-order chi connectivity index (χ1) is 10.9. The van der Waals surface area contributed by atoms with Gasteiger partial charge in [0.1, 0.15) is 0 Å². The smallest absolute Gasteiger partial charge is 0.220 e. The molecular formula is C20H26N2O. The standard InChI is InChI=1S/C20H26N2O/c1-20(2,3)18-7-4-16(5-8-18)12-15-22-19(23)9-6-17-10-13-21-14-11-17/h4-5,7-8,10-11,13-14H,6,9,12,15H2,1-3H3,(H,22,23). The molecule has 0 unspecified atom stereocenters.